The quantitative estimate of drug-likeness (QED) is 0.282. The standard InChI is InChI=1S/C25H25N7O.C3H6/c26-13-17-4-3-5-19(12-17)25(33)29-14-16-8-10-18(11-9-16)22(27)21-23(28)30-15-31-24(21)32-20-6-1-2-7-20;1-3-2/h3-5,8-12,15,20,27H,1-2,6-7,14H2,(H,29,33)(H3,28,30,31,32);3H,1H2,2H3. The average molecular weight is 482 g/mol. The molecule has 184 valence electrons. The molecule has 0 unspecified atom stereocenters. The number of rotatable bonds is 7. The molecule has 36 heavy (non-hydrogen) atoms. The number of nitrogens with one attached hydrogen (secondary N) is 3. The second-order valence-electron chi connectivity index (χ2n) is 8.46. The van der Waals surface area contributed by atoms with Crippen LogP contribution < -0.4 is 16.4 Å². The van der Waals surface area contributed by atoms with E-state index in [0.29, 0.717) is 40.7 Å². The number of hydrogen-bond acceptors (Lipinski definition) is 7. The van der Waals surface area contributed by atoms with E-state index in [0.717, 1.165) is 18.4 Å². The van der Waals surface area contributed by atoms with Crippen LogP contribution in [0.3, 0.4) is 0 Å². The fourth-order valence-electron chi connectivity index (χ4n) is 3.97. The highest BCUT2D eigenvalue weighted by atomic mass is 16.1. The van der Waals surface area contributed by atoms with E-state index in [1.165, 1.54) is 19.2 Å². The third-order valence-electron chi connectivity index (χ3n) is 5.77. The summed E-state index contributed by atoms with van der Waals surface area (Å²) in [6.45, 7) is 5.58. The third-order valence-corrected chi connectivity index (χ3v) is 5.77. The van der Waals surface area contributed by atoms with Gasteiger partial charge in [-0.15, -0.1) is 6.58 Å². The number of nitriles is 1. The first kappa shape index (κ1) is 26.1. The number of carbonyl (C=O) groups excluding carboxylic acids is 1. The highest BCUT2D eigenvalue weighted by Gasteiger charge is 2.21. The zero-order chi connectivity index (χ0) is 25.9. The van der Waals surface area contributed by atoms with Crippen molar-refractivity contribution in [1.29, 1.82) is 10.7 Å². The van der Waals surface area contributed by atoms with Crippen molar-refractivity contribution in [2.75, 3.05) is 11.1 Å². The maximum absolute atomic E-state index is 12.4. The molecule has 8 nitrogen and oxygen atoms in total. The number of amides is 1. The van der Waals surface area contributed by atoms with E-state index in [1.54, 1.807) is 30.3 Å². The molecule has 2 aromatic carbocycles. The summed E-state index contributed by atoms with van der Waals surface area (Å²) in [4.78, 5) is 20.8. The van der Waals surface area contributed by atoms with Crippen molar-refractivity contribution in [1.82, 2.24) is 15.3 Å². The second-order valence-corrected chi connectivity index (χ2v) is 8.46. The van der Waals surface area contributed by atoms with Gasteiger partial charge in [-0.3, -0.25) is 10.2 Å². The summed E-state index contributed by atoms with van der Waals surface area (Å²) in [5.41, 5.74) is 9.32. The summed E-state index contributed by atoms with van der Waals surface area (Å²) in [6, 6.07) is 16.3. The Morgan fingerprint density at radius 2 is 1.89 bits per heavy atom. The minimum Gasteiger partial charge on any atom is -0.383 e. The number of nitrogens with two attached hydrogens (primary N) is 1. The molecule has 0 aliphatic heterocycles. The van der Waals surface area contributed by atoms with E-state index in [-0.39, 0.29) is 17.4 Å². The maximum atomic E-state index is 12.4. The first-order valence-corrected chi connectivity index (χ1v) is 11.9. The van der Waals surface area contributed by atoms with E-state index in [1.807, 2.05) is 37.3 Å². The first-order chi connectivity index (χ1) is 17.5. The van der Waals surface area contributed by atoms with Crippen molar-refractivity contribution < 1.29 is 4.79 Å². The molecule has 0 bridgehead atoms. The number of allylic oxidation sites excluding steroid dienone is 1. The van der Waals surface area contributed by atoms with E-state index in [9.17, 15) is 4.79 Å². The van der Waals surface area contributed by atoms with E-state index >= 15 is 0 Å². The largest absolute Gasteiger partial charge is 0.383 e. The number of nitrogens with zero attached hydrogens (tertiary/aromatic N) is 3. The van der Waals surface area contributed by atoms with Crippen molar-refractivity contribution >= 4 is 23.3 Å². The van der Waals surface area contributed by atoms with Crippen LogP contribution in [0.1, 0.15) is 65.2 Å². The van der Waals surface area contributed by atoms with Gasteiger partial charge in [0.15, 0.2) is 0 Å². The van der Waals surface area contributed by atoms with Gasteiger partial charge in [0.2, 0.25) is 0 Å². The molecule has 0 spiro atoms. The van der Waals surface area contributed by atoms with Crippen LogP contribution in [0.25, 0.3) is 0 Å². The lowest BCUT2D eigenvalue weighted by Crippen LogP contribution is -2.23. The Kier molecular flexibility index (Phi) is 9.29. The maximum Gasteiger partial charge on any atom is 0.251 e. The molecule has 0 saturated heterocycles. The number of anilines is 2. The molecule has 1 fully saturated rings. The Morgan fingerprint density at radius 1 is 1.19 bits per heavy atom. The smallest absolute Gasteiger partial charge is 0.251 e. The Labute approximate surface area is 211 Å². The van der Waals surface area contributed by atoms with Gasteiger partial charge in [-0.25, -0.2) is 9.97 Å². The summed E-state index contributed by atoms with van der Waals surface area (Å²) in [6.07, 6.45) is 7.71. The van der Waals surface area contributed by atoms with Crippen molar-refractivity contribution in [2.24, 2.45) is 0 Å². The molecule has 1 aliphatic carbocycles. The average Bonchev–Trinajstić information content (AvgIpc) is 3.41. The lowest BCUT2D eigenvalue weighted by atomic mass is 10.0. The molecule has 1 heterocycles. The molecule has 5 N–H and O–H groups in total. The first-order valence-electron chi connectivity index (χ1n) is 11.9. The number of benzene rings is 2. The van der Waals surface area contributed by atoms with Crippen molar-refractivity contribution in [3.05, 3.63) is 95.3 Å². The second kappa shape index (κ2) is 12.8. The van der Waals surface area contributed by atoms with Gasteiger partial charge in [0.05, 0.1) is 22.9 Å². The van der Waals surface area contributed by atoms with E-state index in [4.69, 9.17) is 16.4 Å². The summed E-state index contributed by atoms with van der Waals surface area (Å²) in [5.74, 6) is 0.613. The minimum atomic E-state index is -0.249. The van der Waals surface area contributed by atoms with Crippen molar-refractivity contribution in [3.63, 3.8) is 0 Å². The van der Waals surface area contributed by atoms with Crippen LogP contribution in [0, 0.1) is 16.7 Å². The Hall–Kier alpha value is -4.51. The van der Waals surface area contributed by atoms with Crippen molar-refractivity contribution in [3.8, 4) is 6.07 Å². The predicted molar refractivity (Wildman–Crippen MR) is 143 cm³/mol. The predicted octanol–water partition coefficient (Wildman–Crippen LogP) is 4.82. The molecular formula is C28H31N7O. The monoisotopic (exact) mass is 481 g/mol. The number of aromatic nitrogens is 2. The molecular weight excluding hydrogens is 450 g/mol. The number of nitrogen functional groups attached to an aromatic ring is 1. The van der Waals surface area contributed by atoms with Gasteiger partial charge < -0.3 is 16.4 Å². The number of hydrogen-bond donors (Lipinski definition) is 4. The van der Waals surface area contributed by atoms with Gasteiger partial charge in [-0.1, -0.05) is 49.2 Å². The topological polar surface area (TPSA) is 141 Å². The summed E-state index contributed by atoms with van der Waals surface area (Å²) in [7, 11) is 0. The van der Waals surface area contributed by atoms with Crippen LogP contribution in [0.2, 0.25) is 0 Å². The third kappa shape index (κ3) is 6.76. The Bertz CT molecular complexity index is 1260. The molecule has 3 aromatic rings. The summed E-state index contributed by atoms with van der Waals surface area (Å²) in [5, 5.41) is 24.0. The van der Waals surface area contributed by atoms with Crippen molar-refractivity contribution in [2.45, 2.75) is 45.2 Å². The zero-order valence-electron chi connectivity index (χ0n) is 20.4. The Balaban J connectivity index is 0.00000115. The Morgan fingerprint density at radius 3 is 2.56 bits per heavy atom. The molecule has 1 aliphatic rings. The summed E-state index contributed by atoms with van der Waals surface area (Å²) >= 11 is 0. The van der Waals surface area contributed by atoms with Gasteiger partial charge in [0, 0.05) is 23.7 Å². The molecule has 1 aromatic heterocycles. The minimum absolute atomic E-state index is 0.248. The lowest BCUT2D eigenvalue weighted by Gasteiger charge is -2.17. The molecule has 4 rings (SSSR count). The van der Waals surface area contributed by atoms with E-state index < -0.39 is 0 Å². The molecule has 0 atom stereocenters. The normalized spacial score (nSPS) is 12.6. The van der Waals surface area contributed by atoms with Crippen LogP contribution in [0.15, 0.2) is 67.5 Å². The van der Waals surface area contributed by atoms with Crippen LogP contribution >= 0.6 is 0 Å². The van der Waals surface area contributed by atoms with E-state index in [2.05, 4.69) is 27.2 Å². The van der Waals surface area contributed by atoms with Crippen LogP contribution in [0.5, 0.6) is 0 Å². The highest BCUT2D eigenvalue weighted by molar-refractivity contribution is 6.16. The van der Waals surface area contributed by atoms with Crippen LogP contribution in [-0.4, -0.2) is 27.6 Å². The van der Waals surface area contributed by atoms with Gasteiger partial charge in [0.1, 0.15) is 18.0 Å². The molecule has 1 amide bonds. The van der Waals surface area contributed by atoms with Gasteiger partial charge >= 0.3 is 0 Å². The highest BCUT2D eigenvalue weighted by Crippen LogP contribution is 2.26. The molecule has 0 radical (unpaired) electrons. The van der Waals surface area contributed by atoms with Gasteiger partial charge in [-0.2, -0.15) is 5.26 Å². The van der Waals surface area contributed by atoms with Crippen LogP contribution in [-0.2, 0) is 6.54 Å². The number of carbonyl (C=O) groups is 1. The lowest BCUT2D eigenvalue weighted by molar-refractivity contribution is 0.0951. The van der Waals surface area contributed by atoms with Gasteiger partial charge in [-0.05, 0) is 43.5 Å². The zero-order valence-corrected chi connectivity index (χ0v) is 20.4. The summed E-state index contributed by atoms with van der Waals surface area (Å²) < 4.78 is 0. The molecule has 1 saturated carbocycles. The fraction of sp³-hybridized carbons (Fsp3) is 0.250. The van der Waals surface area contributed by atoms with Crippen LogP contribution in [0.4, 0.5) is 11.6 Å². The SMILES string of the molecule is C=CC.N#Cc1cccc(C(=O)NCc2ccc(C(=N)c3c(N)ncnc3NC3CCCC3)cc2)c1. The fourth-order valence-corrected chi connectivity index (χ4v) is 3.97. The van der Waals surface area contributed by atoms with Gasteiger partial charge in [0.25, 0.3) is 5.91 Å². The molecule has 8 heteroatoms.